The average Bonchev–Trinajstić information content (AvgIpc) is 3.69. The zero-order valence-corrected chi connectivity index (χ0v) is 20.4. The lowest BCUT2D eigenvalue weighted by Crippen LogP contribution is -2.27. The monoisotopic (exact) mass is 513 g/mol. The van der Waals surface area contributed by atoms with E-state index in [0.717, 1.165) is 44.4 Å². The van der Waals surface area contributed by atoms with Gasteiger partial charge >= 0.3 is 0 Å². The number of hydrogen-bond donors (Lipinski definition) is 3. The van der Waals surface area contributed by atoms with Crippen molar-refractivity contribution < 1.29 is 13.3 Å². The van der Waals surface area contributed by atoms with E-state index in [0.29, 0.717) is 30.3 Å². The van der Waals surface area contributed by atoms with E-state index in [9.17, 15) is 8.78 Å². The summed E-state index contributed by atoms with van der Waals surface area (Å²) in [6, 6.07) is 3.89. The van der Waals surface area contributed by atoms with Crippen molar-refractivity contribution >= 4 is 21.9 Å². The van der Waals surface area contributed by atoms with Crippen LogP contribution in [0.1, 0.15) is 17.7 Å². The summed E-state index contributed by atoms with van der Waals surface area (Å²) in [6.45, 7) is 2.55. The number of aryl methyl sites for hydroxylation is 1. The van der Waals surface area contributed by atoms with Crippen LogP contribution in [0.5, 0.6) is 0 Å². The van der Waals surface area contributed by atoms with Gasteiger partial charge in [0.2, 0.25) is 6.33 Å². The third-order valence-electron chi connectivity index (χ3n) is 6.83. The molecule has 10 nitrogen and oxygen atoms in total. The fourth-order valence-electron chi connectivity index (χ4n) is 4.98. The SMILES string of the molecule is Cc1c[n+](-c2cncc3[nH]c(-c4n[nH]c5cnc(-c6cncc(CN7CCC(F)(F)C7)c6)cc45)nc23)c[nH]1. The predicted molar refractivity (Wildman–Crippen MR) is 135 cm³/mol. The maximum absolute atomic E-state index is 13.6. The van der Waals surface area contributed by atoms with Gasteiger partial charge in [-0.05, 0) is 17.7 Å². The van der Waals surface area contributed by atoms with E-state index in [1.807, 2.05) is 36.1 Å². The number of nitrogens with one attached hydrogen (secondary N) is 3. The van der Waals surface area contributed by atoms with Gasteiger partial charge in [-0.15, -0.1) is 0 Å². The largest absolute Gasteiger partial charge is 0.335 e. The first-order valence-electron chi connectivity index (χ1n) is 12.2. The van der Waals surface area contributed by atoms with Gasteiger partial charge in [-0.3, -0.25) is 25.0 Å². The molecule has 0 radical (unpaired) electrons. The zero-order valence-electron chi connectivity index (χ0n) is 20.4. The van der Waals surface area contributed by atoms with E-state index >= 15 is 0 Å². The molecule has 7 rings (SSSR count). The first-order chi connectivity index (χ1) is 18.4. The quantitative estimate of drug-likeness (QED) is 0.303. The number of likely N-dealkylation sites (tertiary alicyclic amines) is 1. The van der Waals surface area contributed by atoms with Crippen molar-refractivity contribution in [3.8, 4) is 28.5 Å². The Labute approximate surface area is 214 Å². The van der Waals surface area contributed by atoms with Crippen molar-refractivity contribution in [3.05, 3.63) is 66.9 Å². The Bertz CT molecular complexity index is 1800. The summed E-state index contributed by atoms with van der Waals surface area (Å²) in [4.78, 5) is 26.4. The molecule has 0 spiro atoms. The molecule has 7 heterocycles. The number of aromatic nitrogens is 9. The molecule has 190 valence electrons. The summed E-state index contributed by atoms with van der Waals surface area (Å²) >= 11 is 0. The first kappa shape index (κ1) is 22.6. The molecule has 1 saturated heterocycles. The molecule has 12 heteroatoms. The molecular formula is C26H23F2N10+. The van der Waals surface area contributed by atoms with Gasteiger partial charge in [0.15, 0.2) is 11.5 Å². The number of H-pyrrole nitrogens is 3. The second kappa shape index (κ2) is 8.48. The van der Waals surface area contributed by atoms with Crippen LogP contribution in [-0.2, 0) is 6.54 Å². The van der Waals surface area contributed by atoms with Crippen molar-refractivity contribution in [2.75, 3.05) is 13.1 Å². The predicted octanol–water partition coefficient (Wildman–Crippen LogP) is 3.71. The van der Waals surface area contributed by atoms with E-state index in [1.54, 1.807) is 35.9 Å². The third-order valence-corrected chi connectivity index (χ3v) is 6.83. The van der Waals surface area contributed by atoms with Gasteiger partial charge in [0, 0.05) is 49.8 Å². The molecule has 1 fully saturated rings. The highest BCUT2D eigenvalue weighted by atomic mass is 19.3. The smallest absolute Gasteiger partial charge is 0.261 e. The number of nitrogens with zero attached hydrogens (tertiary/aromatic N) is 7. The molecule has 1 aliphatic heterocycles. The van der Waals surface area contributed by atoms with Crippen molar-refractivity contribution in [1.29, 1.82) is 0 Å². The molecular weight excluding hydrogens is 490 g/mol. The van der Waals surface area contributed by atoms with E-state index in [2.05, 4.69) is 35.1 Å². The Kier molecular flexibility index (Phi) is 5.05. The molecule has 0 bridgehead atoms. The summed E-state index contributed by atoms with van der Waals surface area (Å²) in [5.74, 6) is -2.02. The molecule has 0 amide bonds. The van der Waals surface area contributed by atoms with Gasteiger partial charge in [-0.2, -0.15) is 9.67 Å². The van der Waals surface area contributed by atoms with Gasteiger partial charge < -0.3 is 4.98 Å². The number of rotatable bonds is 5. The first-order valence-corrected chi connectivity index (χ1v) is 12.2. The molecule has 0 unspecified atom stereocenters. The molecule has 1 aliphatic rings. The molecule has 38 heavy (non-hydrogen) atoms. The summed E-state index contributed by atoms with van der Waals surface area (Å²) in [5.41, 5.74) is 7.22. The number of halogens is 2. The molecule has 6 aromatic rings. The van der Waals surface area contributed by atoms with Crippen LogP contribution in [-0.4, -0.2) is 64.0 Å². The highest BCUT2D eigenvalue weighted by Crippen LogP contribution is 2.31. The lowest BCUT2D eigenvalue weighted by molar-refractivity contribution is -0.593. The van der Waals surface area contributed by atoms with Gasteiger partial charge in [0.05, 0.1) is 41.9 Å². The number of pyridine rings is 3. The number of aromatic amines is 3. The number of imidazole rings is 2. The maximum atomic E-state index is 13.6. The Morgan fingerprint density at radius 3 is 2.79 bits per heavy atom. The number of fused-ring (bicyclic) bond motifs is 2. The summed E-state index contributed by atoms with van der Waals surface area (Å²) in [7, 11) is 0. The molecule has 0 aliphatic carbocycles. The highest BCUT2D eigenvalue weighted by Gasteiger charge is 2.37. The lowest BCUT2D eigenvalue weighted by atomic mass is 10.1. The van der Waals surface area contributed by atoms with E-state index in [4.69, 9.17) is 4.98 Å². The van der Waals surface area contributed by atoms with Crippen molar-refractivity contribution in [3.63, 3.8) is 0 Å². The summed E-state index contributed by atoms with van der Waals surface area (Å²) in [5, 5.41) is 8.40. The van der Waals surface area contributed by atoms with E-state index in [-0.39, 0.29) is 13.0 Å². The van der Waals surface area contributed by atoms with Gasteiger partial charge in [0.1, 0.15) is 23.1 Å². The second-order valence-electron chi connectivity index (χ2n) is 9.72. The van der Waals surface area contributed by atoms with Crippen LogP contribution >= 0.6 is 0 Å². The molecule has 0 atom stereocenters. The average molecular weight is 514 g/mol. The van der Waals surface area contributed by atoms with Crippen LogP contribution in [0.4, 0.5) is 8.78 Å². The standard InChI is InChI=1S/C26H22F2N10/c1-15-11-38(14-32-15)22-10-30-8-21-24(22)34-25(33-21)23-18-5-19(31-9-20(18)35-36-23)17-4-16(6-29-7-17)12-37-3-2-26(27,28)13-37/h4-11,14H,2-3,12-13H2,1H3,(H2,30,31,33,34,35,36)/p+1. The zero-order chi connectivity index (χ0) is 25.9. The summed E-state index contributed by atoms with van der Waals surface area (Å²) in [6.07, 6.45) is 12.4. The van der Waals surface area contributed by atoms with Gasteiger partial charge in [0.25, 0.3) is 5.92 Å². The normalized spacial score (nSPS) is 15.7. The van der Waals surface area contributed by atoms with Crippen LogP contribution < -0.4 is 4.57 Å². The van der Waals surface area contributed by atoms with Crippen LogP contribution in [0, 0.1) is 6.92 Å². The van der Waals surface area contributed by atoms with Crippen molar-refractivity contribution in [2.24, 2.45) is 0 Å². The molecule has 3 N–H and O–H groups in total. The maximum Gasteiger partial charge on any atom is 0.261 e. The van der Waals surface area contributed by atoms with Crippen LogP contribution in [0.3, 0.4) is 0 Å². The van der Waals surface area contributed by atoms with Crippen molar-refractivity contribution in [1.82, 2.24) is 45.0 Å². The summed E-state index contributed by atoms with van der Waals surface area (Å²) < 4.78 is 29.2. The lowest BCUT2D eigenvalue weighted by Gasteiger charge is -2.15. The van der Waals surface area contributed by atoms with Gasteiger partial charge in [-0.1, -0.05) is 0 Å². The minimum Gasteiger partial charge on any atom is -0.335 e. The van der Waals surface area contributed by atoms with Crippen LogP contribution in [0.25, 0.3) is 50.4 Å². The van der Waals surface area contributed by atoms with E-state index < -0.39 is 5.92 Å². The fraction of sp³-hybridized carbons (Fsp3) is 0.231. The highest BCUT2D eigenvalue weighted by molar-refractivity contribution is 5.95. The number of alkyl halides is 2. The molecule has 0 saturated carbocycles. The van der Waals surface area contributed by atoms with Crippen LogP contribution in [0.15, 0.2) is 55.6 Å². The van der Waals surface area contributed by atoms with Crippen LogP contribution in [0.2, 0.25) is 0 Å². The minimum atomic E-state index is -2.62. The van der Waals surface area contributed by atoms with Gasteiger partial charge in [-0.25, -0.2) is 18.7 Å². The fourth-order valence-corrected chi connectivity index (χ4v) is 4.98. The Hall–Kier alpha value is -4.58. The topological polar surface area (TPSA) is 119 Å². The minimum absolute atomic E-state index is 0.107. The third kappa shape index (κ3) is 3.98. The molecule has 6 aromatic heterocycles. The Morgan fingerprint density at radius 2 is 1.97 bits per heavy atom. The molecule has 0 aromatic carbocycles. The Morgan fingerprint density at radius 1 is 1.08 bits per heavy atom. The van der Waals surface area contributed by atoms with Crippen molar-refractivity contribution in [2.45, 2.75) is 25.8 Å². The second-order valence-corrected chi connectivity index (χ2v) is 9.72. The Balaban J connectivity index is 1.24. The number of hydrogen-bond acceptors (Lipinski definition) is 6. The van der Waals surface area contributed by atoms with E-state index in [1.165, 1.54) is 0 Å².